The van der Waals surface area contributed by atoms with E-state index >= 15 is 0 Å². The minimum Gasteiger partial charge on any atom is -0.480 e. The molecule has 0 aliphatic carbocycles. The van der Waals surface area contributed by atoms with E-state index in [1.165, 1.54) is 11.8 Å². The van der Waals surface area contributed by atoms with Gasteiger partial charge in [-0.15, -0.1) is 11.8 Å². The Morgan fingerprint density at radius 3 is 2.94 bits per heavy atom. The molecule has 0 saturated heterocycles. The number of aromatic nitrogens is 2. The molecule has 1 aromatic heterocycles. The molecule has 0 amide bonds. The van der Waals surface area contributed by atoms with E-state index in [1.54, 1.807) is 19.1 Å². The van der Waals surface area contributed by atoms with Gasteiger partial charge in [-0.25, -0.2) is 4.98 Å². The third-order valence-electron chi connectivity index (χ3n) is 2.49. The number of carboxylic acid groups (broad SMARTS) is 1. The van der Waals surface area contributed by atoms with Crippen LogP contribution in [0.5, 0.6) is 0 Å². The highest BCUT2D eigenvalue weighted by Gasteiger charge is 2.13. The quantitative estimate of drug-likeness (QED) is 0.877. The molecule has 1 aromatic carbocycles. The molecular formula is C12H12N2O3S. The zero-order valence-electron chi connectivity index (χ0n) is 9.71. The molecule has 2 N–H and O–H groups in total. The molecule has 0 spiro atoms. The largest absolute Gasteiger partial charge is 0.480 e. The van der Waals surface area contributed by atoms with E-state index in [0.29, 0.717) is 16.7 Å². The second kappa shape index (κ2) is 5.22. The number of thioether (sulfide) groups is 1. The zero-order valence-corrected chi connectivity index (χ0v) is 10.5. The van der Waals surface area contributed by atoms with Gasteiger partial charge in [0, 0.05) is 5.75 Å². The summed E-state index contributed by atoms with van der Waals surface area (Å²) in [5.41, 5.74) is 1.48. The minimum atomic E-state index is -0.891. The van der Waals surface area contributed by atoms with Gasteiger partial charge in [0.15, 0.2) is 0 Å². The van der Waals surface area contributed by atoms with Gasteiger partial charge < -0.3 is 10.1 Å². The van der Waals surface area contributed by atoms with Crippen LogP contribution in [-0.4, -0.2) is 26.3 Å². The number of hydrogen-bond acceptors (Lipinski definition) is 4. The van der Waals surface area contributed by atoms with Gasteiger partial charge >= 0.3 is 5.97 Å². The summed E-state index contributed by atoms with van der Waals surface area (Å²) in [7, 11) is 0. The van der Waals surface area contributed by atoms with Gasteiger partial charge in [-0.2, -0.15) is 0 Å². The molecule has 0 bridgehead atoms. The maximum atomic E-state index is 11.7. The average Bonchev–Trinajstić information content (AvgIpc) is 2.35. The van der Waals surface area contributed by atoms with Crippen LogP contribution >= 0.6 is 11.8 Å². The van der Waals surface area contributed by atoms with Crippen LogP contribution in [0.2, 0.25) is 0 Å². The van der Waals surface area contributed by atoms with Gasteiger partial charge in [0.25, 0.3) is 5.56 Å². The van der Waals surface area contributed by atoms with Crippen LogP contribution in [0.1, 0.15) is 12.6 Å². The molecule has 5 nitrogen and oxygen atoms in total. The fourth-order valence-corrected chi connectivity index (χ4v) is 2.19. The predicted molar refractivity (Wildman–Crippen MR) is 70.8 cm³/mol. The first kappa shape index (κ1) is 12.6. The van der Waals surface area contributed by atoms with Crippen molar-refractivity contribution in [1.29, 1.82) is 0 Å². The van der Waals surface area contributed by atoms with E-state index in [0.717, 1.165) is 0 Å². The first-order chi connectivity index (χ1) is 8.58. The van der Waals surface area contributed by atoms with E-state index in [2.05, 4.69) is 9.97 Å². The second-order valence-corrected chi connectivity index (χ2v) is 5.15. The van der Waals surface area contributed by atoms with Gasteiger partial charge in [-0.3, -0.25) is 9.59 Å². The van der Waals surface area contributed by atoms with Crippen molar-refractivity contribution in [3.63, 3.8) is 0 Å². The Labute approximate surface area is 107 Å². The number of aromatic amines is 1. The molecule has 0 fully saturated rings. The first-order valence-corrected chi connectivity index (χ1v) is 6.45. The van der Waals surface area contributed by atoms with Crippen LogP contribution in [-0.2, 0) is 10.5 Å². The fraction of sp³-hybridized carbons (Fsp3) is 0.250. The topological polar surface area (TPSA) is 83.0 Å². The lowest BCUT2D eigenvalue weighted by atomic mass is 10.3. The van der Waals surface area contributed by atoms with Gasteiger partial charge in [0.1, 0.15) is 5.69 Å². The number of rotatable bonds is 4. The van der Waals surface area contributed by atoms with Crippen LogP contribution in [0, 0.1) is 0 Å². The molecule has 0 radical (unpaired) electrons. The number of nitrogens with zero attached hydrogens (tertiary/aromatic N) is 1. The summed E-state index contributed by atoms with van der Waals surface area (Å²) in [6, 6.07) is 7.24. The highest BCUT2D eigenvalue weighted by atomic mass is 32.2. The van der Waals surface area contributed by atoms with Gasteiger partial charge in [0.05, 0.1) is 16.3 Å². The summed E-state index contributed by atoms with van der Waals surface area (Å²) in [6.07, 6.45) is 0. The Balaban J connectivity index is 2.26. The van der Waals surface area contributed by atoms with E-state index in [1.807, 2.05) is 12.1 Å². The Bertz CT molecular complexity index is 639. The van der Waals surface area contributed by atoms with Crippen molar-refractivity contribution < 1.29 is 9.90 Å². The Kier molecular flexibility index (Phi) is 3.66. The van der Waals surface area contributed by atoms with Crippen molar-refractivity contribution in [1.82, 2.24) is 9.97 Å². The number of benzene rings is 1. The van der Waals surface area contributed by atoms with Gasteiger partial charge in [-0.1, -0.05) is 12.1 Å². The van der Waals surface area contributed by atoms with Crippen molar-refractivity contribution in [2.24, 2.45) is 0 Å². The number of nitrogens with one attached hydrogen (secondary N) is 1. The maximum absolute atomic E-state index is 11.7. The molecule has 6 heteroatoms. The van der Waals surface area contributed by atoms with Crippen LogP contribution in [0.25, 0.3) is 11.0 Å². The van der Waals surface area contributed by atoms with E-state index in [-0.39, 0.29) is 11.3 Å². The molecule has 0 saturated carbocycles. The van der Waals surface area contributed by atoms with Crippen molar-refractivity contribution in [2.75, 3.05) is 0 Å². The number of aliphatic carboxylic acids is 1. The number of hydrogen-bond donors (Lipinski definition) is 2. The van der Waals surface area contributed by atoms with Crippen molar-refractivity contribution in [3.8, 4) is 0 Å². The molecule has 1 atom stereocenters. The molecule has 1 heterocycles. The number of para-hydroxylation sites is 2. The lowest BCUT2D eigenvalue weighted by Crippen LogP contribution is -2.17. The predicted octanol–water partition coefficient (Wildman–Crippen LogP) is 1.63. The average molecular weight is 264 g/mol. The van der Waals surface area contributed by atoms with Crippen LogP contribution in [0.3, 0.4) is 0 Å². The minimum absolute atomic E-state index is 0.265. The highest BCUT2D eigenvalue weighted by Crippen LogP contribution is 2.15. The number of carboxylic acids is 1. The smallest absolute Gasteiger partial charge is 0.316 e. The third-order valence-corrected chi connectivity index (χ3v) is 3.63. The van der Waals surface area contributed by atoms with Crippen molar-refractivity contribution >= 4 is 28.8 Å². The van der Waals surface area contributed by atoms with E-state index in [9.17, 15) is 9.59 Å². The van der Waals surface area contributed by atoms with Crippen LogP contribution in [0.4, 0.5) is 0 Å². The molecule has 0 aliphatic rings. The monoisotopic (exact) mass is 264 g/mol. The SMILES string of the molecule is CC(SCc1nc2ccccc2[nH]c1=O)C(=O)O. The first-order valence-electron chi connectivity index (χ1n) is 5.40. The fourth-order valence-electron chi connectivity index (χ4n) is 1.44. The molecule has 1 unspecified atom stereocenters. The standard InChI is InChI=1S/C12H12N2O3S/c1-7(12(16)17)18-6-10-11(15)14-9-5-3-2-4-8(9)13-10/h2-5,7H,6H2,1H3,(H,14,15)(H,16,17). The third kappa shape index (κ3) is 2.70. The molecule has 2 aromatic rings. The molecule has 94 valence electrons. The van der Waals surface area contributed by atoms with Crippen LogP contribution < -0.4 is 5.56 Å². The Morgan fingerprint density at radius 2 is 2.22 bits per heavy atom. The highest BCUT2D eigenvalue weighted by molar-refractivity contribution is 7.99. The summed E-state index contributed by atoms with van der Waals surface area (Å²) in [5, 5.41) is 8.22. The molecule has 0 aliphatic heterocycles. The van der Waals surface area contributed by atoms with Gasteiger partial charge in [-0.05, 0) is 19.1 Å². The van der Waals surface area contributed by atoms with E-state index in [4.69, 9.17) is 5.11 Å². The Hall–Kier alpha value is -1.82. The number of fused-ring (bicyclic) bond motifs is 1. The Morgan fingerprint density at radius 1 is 1.50 bits per heavy atom. The summed E-state index contributed by atoms with van der Waals surface area (Å²) in [5.74, 6) is -0.606. The summed E-state index contributed by atoms with van der Waals surface area (Å²) >= 11 is 1.18. The summed E-state index contributed by atoms with van der Waals surface area (Å²) in [4.78, 5) is 29.4. The molecule has 2 rings (SSSR count). The normalized spacial score (nSPS) is 12.5. The van der Waals surface area contributed by atoms with Gasteiger partial charge in [0.2, 0.25) is 0 Å². The maximum Gasteiger partial charge on any atom is 0.316 e. The molecule has 18 heavy (non-hydrogen) atoms. The summed E-state index contributed by atoms with van der Waals surface area (Å²) < 4.78 is 0. The lowest BCUT2D eigenvalue weighted by Gasteiger charge is -2.05. The zero-order chi connectivity index (χ0) is 13.1. The van der Waals surface area contributed by atoms with Crippen LogP contribution in [0.15, 0.2) is 29.1 Å². The number of H-pyrrole nitrogens is 1. The summed E-state index contributed by atoms with van der Waals surface area (Å²) in [6.45, 7) is 1.59. The van der Waals surface area contributed by atoms with E-state index < -0.39 is 11.2 Å². The lowest BCUT2D eigenvalue weighted by molar-refractivity contribution is -0.136. The van der Waals surface area contributed by atoms with Crippen molar-refractivity contribution in [2.45, 2.75) is 17.9 Å². The van der Waals surface area contributed by atoms with Crippen molar-refractivity contribution in [3.05, 3.63) is 40.3 Å². The number of carbonyl (C=O) groups is 1. The second-order valence-electron chi connectivity index (χ2n) is 3.82. The molecular weight excluding hydrogens is 252 g/mol.